The second-order valence-electron chi connectivity index (χ2n) is 2.48. The number of aromatic hydroxyl groups is 1. The highest BCUT2D eigenvalue weighted by Gasteiger charge is 2.38. The van der Waals surface area contributed by atoms with Gasteiger partial charge >= 0.3 is 6.18 Å². The molecule has 8 heteroatoms. The van der Waals surface area contributed by atoms with E-state index in [1.807, 2.05) is 22.6 Å². The number of phenolic OH excluding ortho intramolecular Hbond substituents is 1. The summed E-state index contributed by atoms with van der Waals surface area (Å²) in [5.74, 6) is -0.298. The van der Waals surface area contributed by atoms with Crippen LogP contribution in [0, 0.1) is 14.3 Å². The van der Waals surface area contributed by atoms with Crippen molar-refractivity contribution in [1.29, 1.82) is 0 Å². The van der Waals surface area contributed by atoms with E-state index in [0.717, 1.165) is 0 Å². The molecule has 0 atom stereocenters. The summed E-state index contributed by atoms with van der Waals surface area (Å²) in [5.41, 5.74) is -0.758. The zero-order chi connectivity index (χ0) is 12.0. The Morgan fingerprint density at radius 1 is 0.800 bits per heavy atom. The van der Waals surface area contributed by atoms with E-state index in [0.29, 0.717) is 7.14 Å². The molecule has 0 aliphatic carbocycles. The molecule has 0 unspecified atom stereocenters. The molecule has 0 bridgehead atoms. The van der Waals surface area contributed by atoms with E-state index >= 15 is 0 Å². The van der Waals surface area contributed by atoms with Gasteiger partial charge in [-0.1, -0.05) is 0 Å². The normalized spacial score (nSPS) is 11.9. The monoisotopic (exact) mass is 666 g/mol. The summed E-state index contributed by atoms with van der Waals surface area (Å²) < 4.78 is 38.9. The largest absolute Gasteiger partial charge is 0.506 e. The van der Waals surface area contributed by atoms with Gasteiger partial charge in [0.1, 0.15) is 5.75 Å². The number of hydrogen-bond acceptors (Lipinski definition) is 1. The highest BCUT2D eigenvalue weighted by atomic mass is 127. The number of benzene rings is 1. The molecule has 0 spiro atoms. The smallest absolute Gasteiger partial charge is 0.418 e. The molecule has 0 saturated carbocycles. The summed E-state index contributed by atoms with van der Waals surface area (Å²) in [6, 6.07) is 0. The molecule has 1 rings (SSSR count). The third-order valence-corrected chi connectivity index (χ3v) is 7.85. The Kier molecular flexibility index (Phi) is 5.08. The molecule has 0 aliphatic rings. The first-order valence-corrected chi connectivity index (χ1v) is 7.61. The van der Waals surface area contributed by atoms with Crippen molar-refractivity contribution in [3.05, 3.63) is 19.8 Å². The summed E-state index contributed by atoms with van der Waals surface area (Å²) in [7, 11) is 0. The van der Waals surface area contributed by atoms with Crippen molar-refractivity contribution in [1.82, 2.24) is 0 Å². The third-order valence-electron chi connectivity index (χ3n) is 1.52. The van der Waals surface area contributed by atoms with Gasteiger partial charge < -0.3 is 5.11 Å². The molecule has 0 fully saturated rings. The Bertz CT molecular complexity index is 387. The Balaban J connectivity index is 3.68. The minimum Gasteiger partial charge on any atom is -0.506 e. The molecule has 0 aromatic heterocycles. The SMILES string of the molecule is Oc1c(I)c(I)c(I)c(C(F)(F)F)c1I. The summed E-state index contributed by atoms with van der Waals surface area (Å²) in [5, 5.41) is 9.53. The topological polar surface area (TPSA) is 20.2 Å². The van der Waals surface area contributed by atoms with Gasteiger partial charge in [-0.2, -0.15) is 13.2 Å². The van der Waals surface area contributed by atoms with Crippen molar-refractivity contribution in [2.24, 2.45) is 0 Å². The molecule has 1 aromatic carbocycles. The fraction of sp³-hybridized carbons (Fsp3) is 0.143. The van der Waals surface area contributed by atoms with Crippen molar-refractivity contribution < 1.29 is 18.3 Å². The molecular formula is C7HF3I4O. The van der Waals surface area contributed by atoms with Crippen molar-refractivity contribution >= 4 is 90.4 Å². The molecule has 0 radical (unpaired) electrons. The Labute approximate surface area is 138 Å². The molecule has 0 aliphatic heterocycles. The van der Waals surface area contributed by atoms with Gasteiger partial charge in [-0.25, -0.2) is 0 Å². The van der Waals surface area contributed by atoms with Gasteiger partial charge in [-0.3, -0.25) is 0 Å². The van der Waals surface area contributed by atoms with Crippen molar-refractivity contribution in [3.63, 3.8) is 0 Å². The van der Waals surface area contributed by atoms with Crippen LogP contribution in [0.25, 0.3) is 0 Å². The van der Waals surface area contributed by atoms with Gasteiger partial charge in [0.15, 0.2) is 0 Å². The zero-order valence-electron chi connectivity index (χ0n) is 6.59. The molecule has 15 heavy (non-hydrogen) atoms. The van der Waals surface area contributed by atoms with Crippen LogP contribution in [0.5, 0.6) is 5.75 Å². The van der Waals surface area contributed by atoms with Gasteiger partial charge in [-0.15, -0.1) is 0 Å². The van der Waals surface area contributed by atoms with Crippen LogP contribution in [0.15, 0.2) is 0 Å². The van der Waals surface area contributed by atoms with E-state index < -0.39 is 11.7 Å². The van der Waals surface area contributed by atoms with Crippen LogP contribution in [-0.4, -0.2) is 5.11 Å². The van der Waals surface area contributed by atoms with E-state index in [1.165, 1.54) is 22.6 Å². The predicted octanol–water partition coefficient (Wildman–Crippen LogP) is 4.83. The number of phenols is 1. The van der Waals surface area contributed by atoms with E-state index in [2.05, 4.69) is 0 Å². The predicted molar refractivity (Wildman–Crippen MR) is 84.0 cm³/mol. The lowest BCUT2D eigenvalue weighted by atomic mass is 10.2. The van der Waals surface area contributed by atoms with Crippen LogP contribution in [0.3, 0.4) is 0 Å². The molecular weight excluding hydrogens is 665 g/mol. The Hall–Kier alpha value is 1.73. The van der Waals surface area contributed by atoms with Gasteiger partial charge in [0.05, 0.1) is 12.7 Å². The zero-order valence-corrected chi connectivity index (χ0v) is 15.2. The highest BCUT2D eigenvalue weighted by molar-refractivity contribution is 14.1. The van der Waals surface area contributed by atoms with Crippen molar-refractivity contribution in [2.75, 3.05) is 0 Å². The summed E-state index contributed by atoms with van der Waals surface area (Å²) in [6.07, 6.45) is -4.44. The summed E-state index contributed by atoms with van der Waals surface area (Å²) >= 11 is 6.79. The van der Waals surface area contributed by atoms with E-state index in [9.17, 15) is 18.3 Å². The molecule has 1 aromatic rings. The number of alkyl halides is 3. The average Bonchev–Trinajstić information content (AvgIpc) is 2.09. The van der Waals surface area contributed by atoms with Crippen LogP contribution >= 0.6 is 90.4 Å². The molecule has 1 nitrogen and oxygen atoms in total. The van der Waals surface area contributed by atoms with Crippen LogP contribution < -0.4 is 0 Å². The molecule has 0 saturated heterocycles. The number of halogens is 7. The second kappa shape index (κ2) is 5.16. The number of hydrogen-bond donors (Lipinski definition) is 1. The fourth-order valence-electron chi connectivity index (χ4n) is 0.870. The maximum absolute atomic E-state index is 12.7. The molecule has 0 heterocycles. The van der Waals surface area contributed by atoms with E-state index in [1.54, 1.807) is 45.2 Å². The van der Waals surface area contributed by atoms with Gasteiger partial charge in [0, 0.05) is 7.14 Å². The minimum atomic E-state index is -4.44. The van der Waals surface area contributed by atoms with Crippen molar-refractivity contribution in [3.8, 4) is 5.75 Å². The first-order chi connectivity index (χ1) is 6.68. The first-order valence-electron chi connectivity index (χ1n) is 3.30. The number of rotatable bonds is 0. The van der Waals surface area contributed by atoms with Gasteiger partial charge in [-0.05, 0) is 90.4 Å². The lowest BCUT2D eigenvalue weighted by Crippen LogP contribution is -2.12. The van der Waals surface area contributed by atoms with Crippen LogP contribution in [-0.2, 0) is 6.18 Å². The average molecular weight is 666 g/mol. The van der Waals surface area contributed by atoms with E-state index in [-0.39, 0.29) is 12.9 Å². The second-order valence-corrected chi connectivity index (χ2v) is 6.79. The molecule has 84 valence electrons. The maximum atomic E-state index is 12.7. The van der Waals surface area contributed by atoms with E-state index in [4.69, 9.17) is 0 Å². The minimum absolute atomic E-state index is 0.132. The standard InChI is InChI=1S/C7HF3I4O/c8-7(9,10)1-2(11)4(13)5(14)6(15)3(1)12/h15H. The lowest BCUT2D eigenvalue weighted by molar-refractivity contribution is -0.139. The van der Waals surface area contributed by atoms with Crippen molar-refractivity contribution in [2.45, 2.75) is 6.18 Å². The third kappa shape index (κ3) is 2.95. The first kappa shape index (κ1) is 14.8. The highest BCUT2D eigenvalue weighted by Crippen LogP contribution is 2.43. The fourth-order valence-corrected chi connectivity index (χ4v) is 5.17. The summed E-state index contributed by atoms with van der Waals surface area (Å²) in [4.78, 5) is 0. The van der Waals surface area contributed by atoms with Crippen LogP contribution in [0.1, 0.15) is 5.56 Å². The van der Waals surface area contributed by atoms with Gasteiger partial charge in [0.2, 0.25) is 0 Å². The maximum Gasteiger partial charge on any atom is 0.418 e. The molecule has 0 amide bonds. The Morgan fingerprint density at radius 2 is 1.27 bits per heavy atom. The lowest BCUT2D eigenvalue weighted by Gasteiger charge is -2.15. The van der Waals surface area contributed by atoms with Crippen LogP contribution in [0.4, 0.5) is 13.2 Å². The quantitative estimate of drug-likeness (QED) is 0.239. The Morgan fingerprint density at radius 3 is 1.67 bits per heavy atom. The van der Waals surface area contributed by atoms with Gasteiger partial charge in [0.25, 0.3) is 0 Å². The molecule has 1 N–H and O–H groups in total. The van der Waals surface area contributed by atoms with Crippen LogP contribution in [0.2, 0.25) is 0 Å². The summed E-state index contributed by atoms with van der Waals surface area (Å²) in [6.45, 7) is 0.